The van der Waals surface area contributed by atoms with Crippen LogP contribution in [0.2, 0.25) is 0 Å². The number of carbonyl (C=O) groups excluding carboxylic acids is 1. The lowest BCUT2D eigenvalue weighted by Gasteiger charge is -2.06. The summed E-state index contributed by atoms with van der Waals surface area (Å²) in [5.74, 6) is -0.413. The largest absolute Gasteiger partial charge is 0.468 e. The molecule has 2 aromatic rings. The molecule has 0 amide bonds. The van der Waals surface area contributed by atoms with Crippen LogP contribution in [0.25, 0.3) is 0 Å². The van der Waals surface area contributed by atoms with Crippen LogP contribution in [-0.4, -0.2) is 28.7 Å². The Morgan fingerprint density at radius 1 is 1.40 bits per heavy atom. The van der Waals surface area contributed by atoms with Crippen LogP contribution < -0.4 is 5.73 Å². The molecule has 0 aliphatic rings. The molecular formula is C15H19N3O2. The number of hydrogen-bond acceptors (Lipinski definition) is 4. The molecule has 0 saturated carbocycles. The molecule has 106 valence electrons. The third kappa shape index (κ3) is 3.93. The number of hydrogen-bond donors (Lipinski definition) is 1. The molecule has 0 unspecified atom stereocenters. The quantitative estimate of drug-likeness (QED) is 0.802. The molecule has 0 aliphatic carbocycles. The minimum atomic E-state index is -0.655. The Balaban J connectivity index is 1.87. The molecule has 2 N–H and O–H groups in total. The summed E-state index contributed by atoms with van der Waals surface area (Å²) in [5, 5.41) is 0. The summed E-state index contributed by atoms with van der Waals surface area (Å²) in [6, 6.07) is 9.62. The van der Waals surface area contributed by atoms with Gasteiger partial charge in [0.15, 0.2) is 0 Å². The van der Waals surface area contributed by atoms with E-state index in [-0.39, 0.29) is 0 Å². The minimum Gasteiger partial charge on any atom is -0.468 e. The molecular weight excluding hydrogens is 254 g/mol. The Labute approximate surface area is 118 Å². The fraction of sp³-hybridized carbons (Fsp3) is 0.333. The van der Waals surface area contributed by atoms with E-state index < -0.39 is 12.0 Å². The SMILES string of the molecule is COC(=O)[C@@H](N)Cc1cn(CCc2ccccc2)cn1. The number of nitrogens with zero attached hydrogens (tertiary/aromatic N) is 2. The first-order valence-electron chi connectivity index (χ1n) is 6.57. The summed E-state index contributed by atoms with van der Waals surface area (Å²) in [5.41, 5.74) is 7.80. The topological polar surface area (TPSA) is 70.1 Å². The van der Waals surface area contributed by atoms with Gasteiger partial charge >= 0.3 is 5.97 Å². The number of ether oxygens (including phenoxy) is 1. The number of carbonyl (C=O) groups is 1. The monoisotopic (exact) mass is 273 g/mol. The van der Waals surface area contributed by atoms with Gasteiger partial charge in [0, 0.05) is 19.2 Å². The first-order valence-corrected chi connectivity index (χ1v) is 6.57. The van der Waals surface area contributed by atoms with E-state index in [0.29, 0.717) is 6.42 Å². The van der Waals surface area contributed by atoms with E-state index in [1.807, 2.05) is 29.0 Å². The molecule has 0 saturated heterocycles. The van der Waals surface area contributed by atoms with Gasteiger partial charge in [-0.05, 0) is 12.0 Å². The molecule has 20 heavy (non-hydrogen) atoms. The highest BCUT2D eigenvalue weighted by Crippen LogP contribution is 2.05. The number of benzene rings is 1. The minimum absolute atomic E-state index is 0.394. The van der Waals surface area contributed by atoms with Gasteiger partial charge in [-0.1, -0.05) is 30.3 Å². The van der Waals surface area contributed by atoms with Crippen LogP contribution in [0.3, 0.4) is 0 Å². The fourth-order valence-electron chi connectivity index (χ4n) is 2.00. The third-order valence-corrected chi connectivity index (χ3v) is 3.12. The Bertz CT molecular complexity index is 551. The van der Waals surface area contributed by atoms with Crippen molar-refractivity contribution in [2.75, 3.05) is 7.11 Å². The molecule has 0 radical (unpaired) electrons. The maximum Gasteiger partial charge on any atom is 0.323 e. The Morgan fingerprint density at radius 3 is 2.85 bits per heavy atom. The fourth-order valence-corrected chi connectivity index (χ4v) is 2.00. The second kappa shape index (κ2) is 6.86. The molecule has 2 rings (SSSR count). The summed E-state index contributed by atoms with van der Waals surface area (Å²) < 4.78 is 6.60. The van der Waals surface area contributed by atoms with Crippen LogP contribution in [0, 0.1) is 0 Å². The number of methoxy groups -OCH3 is 1. The Morgan fingerprint density at radius 2 is 2.15 bits per heavy atom. The highest BCUT2D eigenvalue weighted by molar-refractivity contribution is 5.75. The van der Waals surface area contributed by atoms with Crippen molar-refractivity contribution in [3.8, 4) is 0 Å². The van der Waals surface area contributed by atoms with Crippen molar-refractivity contribution < 1.29 is 9.53 Å². The van der Waals surface area contributed by atoms with Gasteiger partial charge in [0.1, 0.15) is 6.04 Å². The predicted molar refractivity (Wildman–Crippen MR) is 76.1 cm³/mol. The summed E-state index contributed by atoms with van der Waals surface area (Å²) in [6.07, 6.45) is 5.03. The van der Waals surface area contributed by atoms with Crippen LogP contribution in [0.15, 0.2) is 42.9 Å². The van der Waals surface area contributed by atoms with E-state index in [1.54, 1.807) is 6.33 Å². The highest BCUT2D eigenvalue weighted by atomic mass is 16.5. The van der Waals surface area contributed by atoms with Crippen LogP contribution in [-0.2, 0) is 28.9 Å². The molecule has 1 atom stereocenters. The van der Waals surface area contributed by atoms with Crippen LogP contribution in [0.5, 0.6) is 0 Å². The van der Waals surface area contributed by atoms with Gasteiger partial charge in [0.25, 0.3) is 0 Å². The number of imidazole rings is 1. The summed E-state index contributed by atoms with van der Waals surface area (Å²) in [4.78, 5) is 15.5. The van der Waals surface area contributed by atoms with Crippen molar-refractivity contribution in [2.24, 2.45) is 5.73 Å². The molecule has 5 heteroatoms. The van der Waals surface area contributed by atoms with Gasteiger partial charge in [-0.2, -0.15) is 0 Å². The molecule has 0 fully saturated rings. The van der Waals surface area contributed by atoms with Crippen molar-refractivity contribution in [1.29, 1.82) is 0 Å². The van der Waals surface area contributed by atoms with E-state index >= 15 is 0 Å². The summed E-state index contributed by atoms with van der Waals surface area (Å²) >= 11 is 0. The normalized spacial score (nSPS) is 12.1. The molecule has 0 bridgehead atoms. The van der Waals surface area contributed by atoms with E-state index in [9.17, 15) is 4.79 Å². The average Bonchev–Trinajstić information content (AvgIpc) is 2.92. The lowest BCUT2D eigenvalue weighted by Crippen LogP contribution is -2.33. The first-order chi connectivity index (χ1) is 9.69. The maximum absolute atomic E-state index is 11.3. The molecule has 0 aliphatic heterocycles. The first kappa shape index (κ1) is 14.3. The number of esters is 1. The number of aromatic nitrogens is 2. The van der Waals surface area contributed by atoms with Crippen LogP contribution >= 0.6 is 0 Å². The zero-order chi connectivity index (χ0) is 14.4. The van der Waals surface area contributed by atoms with Crippen molar-refractivity contribution in [1.82, 2.24) is 9.55 Å². The second-order valence-electron chi connectivity index (χ2n) is 4.67. The summed E-state index contributed by atoms with van der Waals surface area (Å²) in [6.45, 7) is 0.852. The van der Waals surface area contributed by atoms with Gasteiger partial charge in [-0.25, -0.2) is 4.98 Å². The zero-order valence-corrected chi connectivity index (χ0v) is 11.5. The number of rotatable bonds is 6. The smallest absolute Gasteiger partial charge is 0.323 e. The molecule has 0 spiro atoms. The van der Waals surface area contributed by atoms with E-state index in [2.05, 4.69) is 21.9 Å². The molecule has 5 nitrogen and oxygen atoms in total. The van der Waals surface area contributed by atoms with E-state index in [0.717, 1.165) is 18.7 Å². The lowest BCUT2D eigenvalue weighted by molar-refractivity contribution is -0.142. The van der Waals surface area contributed by atoms with Gasteiger partial charge < -0.3 is 15.0 Å². The average molecular weight is 273 g/mol. The van der Waals surface area contributed by atoms with Crippen LogP contribution in [0.1, 0.15) is 11.3 Å². The van der Waals surface area contributed by atoms with Crippen molar-refractivity contribution in [2.45, 2.75) is 25.4 Å². The highest BCUT2D eigenvalue weighted by Gasteiger charge is 2.15. The lowest BCUT2D eigenvalue weighted by atomic mass is 10.1. The number of aryl methyl sites for hydroxylation is 2. The summed E-state index contributed by atoms with van der Waals surface area (Å²) in [7, 11) is 1.33. The molecule has 1 heterocycles. The second-order valence-corrected chi connectivity index (χ2v) is 4.67. The van der Waals surface area contributed by atoms with Crippen molar-refractivity contribution in [3.05, 3.63) is 54.1 Å². The van der Waals surface area contributed by atoms with Crippen LogP contribution in [0.4, 0.5) is 0 Å². The zero-order valence-electron chi connectivity index (χ0n) is 11.5. The Kier molecular flexibility index (Phi) is 4.90. The van der Waals surface area contributed by atoms with Gasteiger partial charge in [0.05, 0.1) is 19.1 Å². The third-order valence-electron chi connectivity index (χ3n) is 3.12. The van der Waals surface area contributed by atoms with E-state index in [1.165, 1.54) is 12.7 Å². The molecule has 1 aromatic carbocycles. The van der Waals surface area contributed by atoms with Gasteiger partial charge in [-0.15, -0.1) is 0 Å². The Hall–Kier alpha value is -2.14. The van der Waals surface area contributed by atoms with Gasteiger partial charge in [-0.3, -0.25) is 4.79 Å². The predicted octanol–water partition coefficient (Wildman–Crippen LogP) is 1.17. The molecule has 1 aromatic heterocycles. The van der Waals surface area contributed by atoms with Gasteiger partial charge in [0.2, 0.25) is 0 Å². The standard InChI is InChI=1S/C15H19N3O2/c1-20-15(19)14(16)9-13-10-18(11-17-13)8-7-12-5-3-2-4-6-12/h2-6,10-11,14H,7-9,16H2,1H3/t14-/m0/s1. The number of nitrogens with two attached hydrogens (primary N) is 1. The van der Waals surface area contributed by atoms with Crippen molar-refractivity contribution >= 4 is 5.97 Å². The van der Waals surface area contributed by atoms with Crippen molar-refractivity contribution in [3.63, 3.8) is 0 Å². The maximum atomic E-state index is 11.3. The van der Waals surface area contributed by atoms with E-state index in [4.69, 9.17) is 5.73 Å².